The highest BCUT2D eigenvalue weighted by molar-refractivity contribution is 5.96. The molecule has 0 amide bonds. The van der Waals surface area contributed by atoms with Crippen molar-refractivity contribution in [2.75, 3.05) is 19.7 Å². The number of hydrogen-bond acceptors (Lipinski definition) is 3. The quantitative estimate of drug-likeness (QED) is 0.834. The molecule has 1 heterocycles. The van der Waals surface area contributed by atoms with Crippen LogP contribution in [0.1, 0.15) is 29.6 Å². The number of ketones is 1. The van der Waals surface area contributed by atoms with Crippen LogP contribution in [0.15, 0.2) is 18.2 Å². The summed E-state index contributed by atoms with van der Waals surface area (Å²) in [6, 6.07) is 3.20. The fourth-order valence-electron chi connectivity index (χ4n) is 2.09. The van der Waals surface area contributed by atoms with Gasteiger partial charge in [-0.3, -0.25) is 4.79 Å². The lowest BCUT2D eigenvalue weighted by Crippen LogP contribution is -2.32. The van der Waals surface area contributed by atoms with Gasteiger partial charge < -0.3 is 10.1 Å². The van der Waals surface area contributed by atoms with Crippen molar-refractivity contribution in [3.05, 3.63) is 35.4 Å². The Morgan fingerprint density at radius 2 is 2.00 bits per heavy atom. The molecule has 0 atom stereocenters. The van der Waals surface area contributed by atoms with Gasteiger partial charge >= 0.3 is 0 Å². The topological polar surface area (TPSA) is 38.3 Å². The molecular weight excluding hydrogens is 252 g/mol. The van der Waals surface area contributed by atoms with E-state index in [9.17, 15) is 13.6 Å². The van der Waals surface area contributed by atoms with Crippen LogP contribution in [0, 0.1) is 11.6 Å². The van der Waals surface area contributed by atoms with Gasteiger partial charge in [0.05, 0.1) is 12.7 Å². The fourth-order valence-corrected chi connectivity index (χ4v) is 2.09. The van der Waals surface area contributed by atoms with Crippen LogP contribution in [0.5, 0.6) is 0 Å². The van der Waals surface area contributed by atoms with Crippen LogP contribution in [-0.4, -0.2) is 31.6 Å². The molecule has 0 aromatic heterocycles. The number of benzene rings is 1. The maximum atomic E-state index is 13.0. The summed E-state index contributed by atoms with van der Waals surface area (Å²) in [7, 11) is 0. The molecule has 1 aliphatic rings. The van der Waals surface area contributed by atoms with E-state index in [1.165, 1.54) is 6.07 Å². The minimum atomic E-state index is -0.995. The summed E-state index contributed by atoms with van der Waals surface area (Å²) in [5.41, 5.74) is 0.188. The average molecular weight is 269 g/mol. The lowest BCUT2D eigenvalue weighted by atomic mass is 10.1. The van der Waals surface area contributed by atoms with Gasteiger partial charge in [0, 0.05) is 12.0 Å². The summed E-state index contributed by atoms with van der Waals surface area (Å²) in [4.78, 5) is 11.8. The van der Waals surface area contributed by atoms with E-state index in [2.05, 4.69) is 5.32 Å². The molecule has 1 aliphatic heterocycles. The molecule has 1 N–H and O–H groups in total. The molecule has 5 heteroatoms. The third kappa shape index (κ3) is 4.08. The van der Waals surface area contributed by atoms with Gasteiger partial charge in [-0.05, 0) is 44.1 Å². The standard InChI is InChI=1S/C14H17F2NO2/c15-12-2-1-10(9-13(12)16)14(18)5-8-19-11-3-6-17-7-4-11/h1-2,9,11,17H,3-8H2. The normalized spacial score (nSPS) is 16.5. The number of nitrogens with one attached hydrogen (secondary N) is 1. The minimum absolute atomic E-state index is 0.188. The number of Topliss-reactive ketones (excluding diaryl/α,β-unsaturated/α-hetero) is 1. The molecule has 1 aromatic rings. The summed E-state index contributed by atoms with van der Waals surface area (Å²) >= 11 is 0. The van der Waals surface area contributed by atoms with E-state index >= 15 is 0 Å². The number of hydrogen-bond donors (Lipinski definition) is 1. The summed E-state index contributed by atoms with van der Waals surface area (Å²) in [5.74, 6) is -2.17. The van der Waals surface area contributed by atoms with Crippen molar-refractivity contribution in [3.8, 4) is 0 Å². The van der Waals surface area contributed by atoms with Gasteiger partial charge in [0.1, 0.15) is 0 Å². The van der Waals surface area contributed by atoms with Gasteiger partial charge in [0.2, 0.25) is 0 Å². The van der Waals surface area contributed by atoms with Gasteiger partial charge in [-0.1, -0.05) is 0 Å². The van der Waals surface area contributed by atoms with Gasteiger partial charge in [0.25, 0.3) is 0 Å². The first kappa shape index (κ1) is 14.1. The van der Waals surface area contributed by atoms with Crippen molar-refractivity contribution in [2.24, 2.45) is 0 Å². The summed E-state index contributed by atoms with van der Waals surface area (Å²) in [5, 5.41) is 3.23. The Kier molecular flexibility index (Phi) is 4.99. The first-order valence-electron chi connectivity index (χ1n) is 6.47. The van der Waals surface area contributed by atoms with Crippen molar-refractivity contribution >= 4 is 5.78 Å². The number of ether oxygens (including phenoxy) is 1. The predicted molar refractivity (Wildman–Crippen MR) is 67.1 cm³/mol. The third-order valence-corrected chi connectivity index (χ3v) is 3.21. The Balaban J connectivity index is 1.78. The lowest BCUT2D eigenvalue weighted by molar-refractivity contribution is 0.0313. The first-order valence-corrected chi connectivity index (χ1v) is 6.47. The Morgan fingerprint density at radius 1 is 1.26 bits per heavy atom. The zero-order chi connectivity index (χ0) is 13.7. The van der Waals surface area contributed by atoms with Crippen molar-refractivity contribution in [1.82, 2.24) is 5.32 Å². The van der Waals surface area contributed by atoms with Gasteiger partial charge in [-0.25, -0.2) is 8.78 Å². The van der Waals surface area contributed by atoms with Crippen LogP contribution < -0.4 is 5.32 Å². The average Bonchev–Trinajstić information content (AvgIpc) is 2.43. The largest absolute Gasteiger partial charge is 0.378 e. The van der Waals surface area contributed by atoms with E-state index in [1.54, 1.807) is 0 Å². The van der Waals surface area contributed by atoms with Crippen LogP contribution in [0.4, 0.5) is 8.78 Å². The van der Waals surface area contributed by atoms with Gasteiger partial charge in [-0.15, -0.1) is 0 Å². The molecule has 0 bridgehead atoms. The highest BCUT2D eigenvalue weighted by Gasteiger charge is 2.14. The molecule has 1 saturated heterocycles. The number of carbonyl (C=O) groups excluding carboxylic acids is 1. The van der Waals surface area contributed by atoms with E-state index in [0.717, 1.165) is 38.1 Å². The summed E-state index contributed by atoms with van der Waals surface area (Å²) in [6.45, 7) is 2.19. The second kappa shape index (κ2) is 6.73. The molecule has 0 aliphatic carbocycles. The molecule has 0 unspecified atom stereocenters. The van der Waals surface area contributed by atoms with Crippen LogP contribution in [-0.2, 0) is 4.74 Å². The molecule has 3 nitrogen and oxygen atoms in total. The monoisotopic (exact) mass is 269 g/mol. The van der Waals surface area contributed by atoms with E-state index in [-0.39, 0.29) is 23.9 Å². The van der Waals surface area contributed by atoms with E-state index in [4.69, 9.17) is 4.74 Å². The molecule has 104 valence electrons. The summed E-state index contributed by atoms with van der Waals surface area (Å²) in [6.07, 6.45) is 2.27. The number of carbonyl (C=O) groups is 1. The number of halogens is 2. The van der Waals surface area contributed by atoms with Crippen LogP contribution in [0.3, 0.4) is 0 Å². The van der Waals surface area contributed by atoms with Gasteiger partial charge in [-0.2, -0.15) is 0 Å². The second-order valence-corrected chi connectivity index (χ2v) is 4.62. The molecule has 19 heavy (non-hydrogen) atoms. The molecular formula is C14H17F2NO2. The molecule has 1 fully saturated rings. The smallest absolute Gasteiger partial charge is 0.165 e. The number of rotatable bonds is 5. The molecule has 0 saturated carbocycles. The highest BCUT2D eigenvalue weighted by Crippen LogP contribution is 2.12. The molecule has 2 rings (SSSR count). The molecule has 0 radical (unpaired) electrons. The Morgan fingerprint density at radius 3 is 2.68 bits per heavy atom. The first-order chi connectivity index (χ1) is 9.16. The van der Waals surface area contributed by atoms with Gasteiger partial charge in [0.15, 0.2) is 17.4 Å². The highest BCUT2D eigenvalue weighted by atomic mass is 19.2. The van der Waals surface area contributed by atoms with E-state index in [1.807, 2.05) is 0 Å². The van der Waals surface area contributed by atoms with Crippen LogP contribution in [0.25, 0.3) is 0 Å². The van der Waals surface area contributed by atoms with Crippen LogP contribution in [0.2, 0.25) is 0 Å². The predicted octanol–water partition coefficient (Wildman–Crippen LogP) is 2.31. The van der Waals surface area contributed by atoms with Crippen molar-refractivity contribution < 1.29 is 18.3 Å². The summed E-state index contributed by atoms with van der Waals surface area (Å²) < 4.78 is 31.3. The zero-order valence-corrected chi connectivity index (χ0v) is 10.6. The third-order valence-electron chi connectivity index (χ3n) is 3.21. The molecule has 0 spiro atoms. The maximum Gasteiger partial charge on any atom is 0.165 e. The minimum Gasteiger partial charge on any atom is -0.378 e. The number of piperidine rings is 1. The Hall–Kier alpha value is -1.33. The van der Waals surface area contributed by atoms with Crippen molar-refractivity contribution in [1.29, 1.82) is 0 Å². The maximum absolute atomic E-state index is 13.0. The lowest BCUT2D eigenvalue weighted by Gasteiger charge is -2.22. The SMILES string of the molecule is O=C(CCOC1CCNCC1)c1ccc(F)c(F)c1. The van der Waals surface area contributed by atoms with Crippen molar-refractivity contribution in [2.45, 2.75) is 25.4 Å². The van der Waals surface area contributed by atoms with Crippen molar-refractivity contribution in [3.63, 3.8) is 0 Å². The fraction of sp³-hybridized carbons (Fsp3) is 0.500. The molecule has 1 aromatic carbocycles. The zero-order valence-electron chi connectivity index (χ0n) is 10.6. The second-order valence-electron chi connectivity index (χ2n) is 4.62. The van der Waals surface area contributed by atoms with E-state index in [0.29, 0.717) is 6.61 Å². The Bertz CT molecular complexity index is 445. The van der Waals surface area contributed by atoms with E-state index < -0.39 is 11.6 Å². The Labute approximate surface area is 111 Å². The van der Waals surface area contributed by atoms with Crippen LogP contribution >= 0.6 is 0 Å².